The van der Waals surface area contributed by atoms with Crippen LogP contribution in [0, 0.1) is 10.1 Å². The van der Waals surface area contributed by atoms with Gasteiger partial charge in [0.1, 0.15) is 11.5 Å². The van der Waals surface area contributed by atoms with Gasteiger partial charge in [0.25, 0.3) is 11.6 Å². The lowest BCUT2D eigenvalue weighted by Gasteiger charge is -2.13. The summed E-state index contributed by atoms with van der Waals surface area (Å²) >= 11 is 1.14. The number of nitro benzene ring substituents is 1. The van der Waals surface area contributed by atoms with E-state index in [9.17, 15) is 19.7 Å². The fourth-order valence-corrected chi connectivity index (χ4v) is 3.38. The Morgan fingerprint density at radius 1 is 1.12 bits per heavy atom. The van der Waals surface area contributed by atoms with Crippen molar-refractivity contribution in [1.82, 2.24) is 4.98 Å². The molecule has 11 heteroatoms. The summed E-state index contributed by atoms with van der Waals surface area (Å²) in [6, 6.07) is 10.6. The highest BCUT2D eigenvalue weighted by atomic mass is 32.1. The van der Waals surface area contributed by atoms with E-state index in [-0.39, 0.29) is 16.4 Å². The summed E-state index contributed by atoms with van der Waals surface area (Å²) < 4.78 is 15.5. The first kappa shape index (κ1) is 22.7. The standard InChI is InChI=1S/C21H19N3O7S/c1-12(31-20(26)14-8-16(29-2)10-17(9-14)30-3)19(25)23-21-22-18(11-32-21)13-5-4-6-15(7-13)24(27)28/h4-12H,1-3H3,(H,22,23,25)/t12-/m0/s1. The predicted octanol–water partition coefficient (Wildman–Crippen LogP) is 3.92. The number of methoxy groups -OCH3 is 2. The molecule has 0 unspecified atom stereocenters. The van der Waals surface area contributed by atoms with Crippen LogP contribution in [0.5, 0.6) is 11.5 Å². The molecule has 0 aliphatic heterocycles. The smallest absolute Gasteiger partial charge is 0.339 e. The van der Waals surface area contributed by atoms with Crippen LogP contribution in [0.4, 0.5) is 10.8 Å². The number of nitrogens with zero attached hydrogens (tertiary/aromatic N) is 2. The Bertz CT molecular complexity index is 1140. The van der Waals surface area contributed by atoms with E-state index in [1.54, 1.807) is 23.6 Å². The summed E-state index contributed by atoms with van der Waals surface area (Å²) in [5.74, 6) is -0.482. The van der Waals surface area contributed by atoms with E-state index in [0.717, 1.165) is 11.3 Å². The molecular weight excluding hydrogens is 438 g/mol. The van der Waals surface area contributed by atoms with Crippen LogP contribution in [0.2, 0.25) is 0 Å². The fraction of sp³-hybridized carbons (Fsp3) is 0.190. The van der Waals surface area contributed by atoms with Crippen LogP contribution in [-0.2, 0) is 9.53 Å². The number of amides is 1. The van der Waals surface area contributed by atoms with Crippen molar-refractivity contribution in [3.05, 3.63) is 63.5 Å². The van der Waals surface area contributed by atoms with Gasteiger partial charge in [-0.1, -0.05) is 12.1 Å². The molecule has 0 aliphatic rings. The van der Waals surface area contributed by atoms with Crippen molar-refractivity contribution in [1.29, 1.82) is 0 Å². The SMILES string of the molecule is COc1cc(OC)cc(C(=O)O[C@@H](C)C(=O)Nc2nc(-c3cccc([N+](=O)[O-])c3)cs2)c1. The number of carbonyl (C=O) groups is 2. The molecule has 32 heavy (non-hydrogen) atoms. The molecule has 0 spiro atoms. The van der Waals surface area contributed by atoms with Crippen LogP contribution in [0.25, 0.3) is 11.3 Å². The van der Waals surface area contributed by atoms with Crippen molar-refractivity contribution in [2.75, 3.05) is 19.5 Å². The number of non-ortho nitro benzene ring substituents is 1. The quantitative estimate of drug-likeness (QED) is 0.306. The van der Waals surface area contributed by atoms with E-state index in [1.807, 2.05) is 0 Å². The summed E-state index contributed by atoms with van der Waals surface area (Å²) in [6.07, 6.45) is -1.11. The van der Waals surface area contributed by atoms with Crippen molar-refractivity contribution in [2.45, 2.75) is 13.0 Å². The molecule has 0 saturated heterocycles. The largest absolute Gasteiger partial charge is 0.497 e. The molecule has 1 amide bonds. The zero-order chi connectivity index (χ0) is 23.3. The third kappa shape index (κ3) is 5.38. The number of anilines is 1. The number of nitrogens with one attached hydrogen (secondary N) is 1. The number of nitro groups is 1. The number of esters is 1. The van der Waals surface area contributed by atoms with Crippen LogP contribution >= 0.6 is 11.3 Å². The Hall–Kier alpha value is -3.99. The normalized spacial score (nSPS) is 11.3. The molecule has 0 bridgehead atoms. The third-order valence-corrected chi connectivity index (χ3v) is 5.08. The summed E-state index contributed by atoms with van der Waals surface area (Å²) in [6.45, 7) is 1.43. The van der Waals surface area contributed by atoms with Crippen molar-refractivity contribution in [2.24, 2.45) is 0 Å². The van der Waals surface area contributed by atoms with Gasteiger partial charge < -0.3 is 14.2 Å². The monoisotopic (exact) mass is 457 g/mol. The molecule has 1 heterocycles. The first-order valence-corrected chi connectivity index (χ1v) is 10.1. The second kappa shape index (κ2) is 9.88. The van der Waals surface area contributed by atoms with Gasteiger partial charge >= 0.3 is 5.97 Å². The predicted molar refractivity (Wildman–Crippen MR) is 117 cm³/mol. The summed E-state index contributed by atoms with van der Waals surface area (Å²) in [7, 11) is 2.91. The van der Waals surface area contributed by atoms with Crippen LogP contribution in [0.15, 0.2) is 47.8 Å². The lowest BCUT2D eigenvalue weighted by Crippen LogP contribution is -2.30. The molecule has 1 N–H and O–H groups in total. The fourth-order valence-electron chi connectivity index (χ4n) is 2.66. The van der Waals surface area contributed by atoms with Gasteiger partial charge in [0.2, 0.25) is 0 Å². The van der Waals surface area contributed by atoms with Crippen molar-refractivity contribution < 1.29 is 28.7 Å². The van der Waals surface area contributed by atoms with E-state index in [4.69, 9.17) is 14.2 Å². The third-order valence-electron chi connectivity index (χ3n) is 4.33. The van der Waals surface area contributed by atoms with Gasteiger partial charge in [0.05, 0.1) is 30.4 Å². The van der Waals surface area contributed by atoms with Crippen LogP contribution < -0.4 is 14.8 Å². The minimum absolute atomic E-state index is 0.0595. The van der Waals surface area contributed by atoms with Gasteiger partial charge in [-0.2, -0.15) is 0 Å². The second-order valence-electron chi connectivity index (χ2n) is 6.48. The molecule has 2 aromatic carbocycles. The molecular formula is C21H19N3O7S. The molecule has 1 aromatic heterocycles. The van der Waals surface area contributed by atoms with E-state index in [1.165, 1.54) is 45.4 Å². The maximum Gasteiger partial charge on any atom is 0.339 e. The maximum absolute atomic E-state index is 12.5. The Kier molecular flexibility index (Phi) is 7.00. The molecule has 0 saturated carbocycles. The number of thiazole rings is 1. The minimum atomic E-state index is -1.11. The highest BCUT2D eigenvalue weighted by molar-refractivity contribution is 7.14. The highest BCUT2D eigenvalue weighted by Crippen LogP contribution is 2.28. The summed E-state index contributed by atoms with van der Waals surface area (Å²) in [4.78, 5) is 39.6. The number of hydrogen-bond donors (Lipinski definition) is 1. The molecule has 1 atom stereocenters. The van der Waals surface area contributed by atoms with Crippen LogP contribution in [-0.4, -0.2) is 42.1 Å². The first-order chi connectivity index (χ1) is 15.3. The Morgan fingerprint density at radius 2 is 1.81 bits per heavy atom. The van der Waals surface area contributed by atoms with E-state index >= 15 is 0 Å². The van der Waals surface area contributed by atoms with Gasteiger partial charge in [-0.3, -0.25) is 20.2 Å². The number of benzene rings is 2. The van der Waals surface area contributed by atoms with Gasteiger partial charge in [-0.05, 0) is 19.1 Å². The topological polar surface area (TPSA) is 130 Å². The molecule has 166 valence electrons. The molecule has 0 aliphatic carbocycles. The zero-order valence-electron chi connectivity index (χ0n) is 17.4. The molecule has 10 nitrogen and oxygen atoms in total. The maximum atomic E-state index is 12.5. The molecule has 3 aromatic rings. The lowest BCUT2D eigenvalue weighted by atomic mass is 10.1. The van der Waals surface area contributed by atoms with Crippen molar-refractivity contribution >= 4 is 34.0 Å². The Morgan fingerprint density at radius 3 is 2.44 bits per heavy atom. The zero-order valence-corrected chi connectivity index (χ0v) is 18.2. The summed E-state index contributed by atoms with van der Waals surface area (Å²) in [5, 5.41) is 15.5. The Balaban J connectivity index is 1.66. The number of aromatic nitrogens is 1. The number of carbonyl (C=O) groups excluding carboxylic acids is 2. The molecule has 3 rings (SSSR count). The van der Waals surface area contributed by atoms with Crippen LogP contribution in [0.3, 0.4) is 0 Å². The van der Waals surface area contributed by atoms with Crippen molar-refractivity contribution in [3.63, 3.8) is 0 Å². The van der Waals surface area contributed by atoms with Crippen molar-refractivity contribution in [3.8, 4) is 22.8 Å². The second-order valence-corrected chi connectivity index (χ2v) is 7.34. The van der Waals surface area contributed by atoms with E-state index < -0.39 is 22.9 Å². The van der Waals surface area contributed by atoms with E-state index in [0.29, 0.717) is 22.8 Å². The minimum Gasteiger partial charge on any atom is -0.497 e. The number of ether oxygens (including phenoxy) is 3. The lowest BCUT2D eigenvalue weighted by molar-refractivity contribution is -0.384. The molecule has 0 fully saturated rings. The van der Waals surface area contributed by atoms with Gasteiger partial charge in [0, 0.05) is 29.1 Å². The average Bonchev–Trinajstić information content (AvgIpc) is 3.27. The van der Waals surface area contributed by atoms with Gasteiger partial charge in [-0.15, -0.1) is 11.3 Å². The first-order valence-electron chi connectivity index (χ1n) is 9.26. The van der Waals surface area contributed by atoms with Crippen LogP contribution in [0.1, 0.15) is 17.3 Å². The van der Waals surface area contributed by atoms with E-state index in [2.05, 4.69) is 10.3 Å². The highest BCUT2D eigenvalue weighted by Gasteiger charge is 2.21. The number of rotatable bonds is 8. The Labute approximate surface area is 186 Å². The average molecular weight is 457 g/mol. The van der Waals surface area contributed by atoms with Gasteiger partial charge in [-0.25, -0.2) is 9.78 Å². The molecule has 0 radical (unpaired) electrons. The van der Waals surface area contributed by atoms with Gasteiger partial charge in [0.15, 0.2) is 11.2 Å². The summed E-state index contributed by atoms with van der Waals surface area (Å²) in [5.41, 5.74) is 1.13. The number of hydrogen-bond acceptors (Lipinski definition) is 9.